The van der Waals surface area contributed by atoms with Crippen LogP contribution in [0.4, 0.5) is 0 Å². The predicted octanol–water partition coefficient (Wildman–Crippen LogP) is 5.06. The number of aromatic amines is 1. The van der Waals surface area contributed by atoms with E-state index in [1.54, 1.807) is 7.11 Å². The molecule has 4 nitrogen and oxygen atoms in total. The van der Waals surface area contributed by atoms with Gasteiger partial charge in [-0.05, 0) is 86.7 Å². The number of hydrogen-bond acceptors (Lipinski definition) is 3. The maximum absolute atomic E-state index is 6.28. The SMILES string of the molecule is COc1ccc(Cl)cc1-n1c(C23CC4CC(CC(C4)C2)C3)n[nH]c1=S. The minimum absolute atomic E-state index is 0.148. The molecular weight excluding hydrogens is 354 g/mol. The zero-order valence-corrected chi connectivity index (χ0v) is 15.9. The summed E-state index contributed by atoms with van der Waals surface area (Å²) in [5.41, 5.74) is 1.04. The largest absolute Gasteiger partial charge is 0.495 e. The van der Waals surface area contributed by atoms with Crippen molar-refractivity contribution in [3.05, 3.63) is 33.8 Å². The number of nitrogens with one attached hydrogen (secondary N) is 1. The van der Waals surface area contributed by atoms with E-state index < -0.39 is 0 Å². The number of nitrogens with zero attached hydrogens (tertiary/aromatic N) is 2. The third kappa shape index (κ3) is 2.39. The number of aromatic nitrogens is 3. The molecule has 0 saturated heterocycles. The van der Waals surface area contributed by atoms with Crippen molar-refractivity contribution < 1.29 is 4.74 Å². The van der Waals surface area contributed by atoms with Crippen LogP contribution in [0.5, 0.6) is 5.75 Å². The van der Waals surface area contributed by atoms with Crippen molar-refractivity contribution in [1.29, 1.82) is 0 Å². The Kier molecular flexibility index (Phi) is 3.55. The number of halogens is 1. The monoisotopic (exact) mass is 375 g/mol. The van der Waals surface area contributed by atoms with Gasteiger partial charge in [0.2, 0.25) is 0 Å². The molecule has 6 rings (SSSR count). The topological polar surface area (TPSA) is 42.8 Å². The number of rotatable bonds is 3. The van der Waals surface area contributed by atoms with E-state index in [9.17, 15) is 0 Å². The van der Waals surface area contributed by atoms with Crippen molar-refractivity contribution >= 4 is 23.8 Å². The molecule has 4 fully saturated rings. The molecule has 0 spiro atoms. The average molecular weight is 376 g/mol. The van der Waals surface area contributed by atoms with E-state index in [0.29, 0.717) is 9.79 Å². The van der Waals surface area contributed by atoms with Crippen molar-refractivity contribution in [2.75, 3.05) is 7.11 Å². The predicted molar refractivity (Wildman–Crippen MR) is 100 cm³/mol. The van der Waals surface area contributed by atoms with E-state index in [1.165, 1.54) is 38.5 Å². The molecule has 1 aromatic carbocycles. The first-order chi connectivity index (χ1) is 12.1. The summed E-state index contributed by atoms with van der Waals surface area (Å²) >= 11 is 11.9. The number of benzene rings is 1. The minimum atomic E-state index is 0.148. The zero-order valence-electron chi connectivity index (χ0n) is 14.3. The maximum Gasteiger partial charge on any atom is 0.200 e. The second-order valence-corrected chi connectivity index (χ2v) is 9.02. The van der Waals surface area contributed by atoms with E-state index in [1.807, 2.05) is 18.2 Å². The Morgan fingerprint density at radius 1 is 1.20 bits per heavy atom. The number of methoxy groups -OCH3 is 1. The van der Waals surface area contributed by atoms with Crippen LogP contribution in [0.25, 0.3) is 5.69 Å². The molecule has 1 heterocycles. The second kappa shape index (κ2) is 5.58. The van der Waals surface area contributed by atoms with Gasteiger partial charge in [-0.2, -0.15) is 5.10 Å². The highest BCUT2D eigenvalue weighted by molar-refractivity contribution is 7.71. The number of H-pyrrole nitrogens is 1. The molecule has 25 heavy (non-hydrogen) atoms. The van der Waals surface area contributed by atoms with Gasteiger partial charge in [0.25, 0.3) is 0 Å². The Hall–Kier alpha value is -1.33. The lowest BCUT2D eigenvalue weighted by Gasteiger charge is -2.56. The summed E-state index contributed by atoms with van der Waals surface area (Å²) in [4.78, 5) is 0. The molecule has 0 aliphatic heterocycles. The molecule has 1 aromatic heterocycles. The Balaban J connectivity index is 1.68. The van der Waals surface area contributed by atoms with Gasteiger partial charge in [-0.25, -0.2) is 0 Å². The first kappa shape index (κ1) is 15.9. The van der Waals surface area contributed by atoms with Gasteiger partial charge in [0.05, 0.1) is 12.8 Å². The number of ether oxygens (including phenoxy) is 1. The van der Waals surface area contributed by atoms with Crippen LogP contribution >= 0.6 is 23.8 Å². The van der Waals surface area contributed by atoms with Gasteiger partial charge < -0.3 is 4.74 Å². The molecule has 4 bridgehead atoms. The van der Waals surface area contributed by atoms with Gasteiger partial charge in [0.1, 0.15) is 11.6 Å². The van der Waals surface area contributed by atoms with Gasteiger partial charge in [-0.3, -0.25) is 9.67 Å². The van der Waals surface area contributed by atoms with E-state index in [-0.39, 0.29) is 5.41 Å². The van der Waals surface area contributed by atoms with Gasteiger partial charge in [-0.15, -0.1) is 0 Å². The summed E-state index contributed by atoms with van der Waals surface area (Å²) < 4.78 is 8.28. The summed E-state index contributed by atoms with van der Waals surface area (Å²) in [5, 5.41) is 8.46. The smallest absolute Gasteiger partial charge is 0.200 e. The Morgan fingerprint density at radius 2 is 1.84 bits per heavy atom. The molecule has 0 unspecified atom stereocenters. The Bertz CT molecular complexity index is 852. The van der Waals surface area contributed by atoms with Crippen LogP contribution < -0.4 is 4.74 Å². The average Bonchev–Trinajstić information content (AvgIpc) is 2.96. The summed E-state index contributed by atoms with van der Waals surface area (Å²) in [6, 6.07) is 5.67. The minimum Gasteiger partial charge on any atom is -0.495 e. The lowest BCUT2D eigenvalue weighted by Crippen LogP contribution is -2.49. The molecule has 0 amide bonds. The molecule has 0 atom stereocenters. The first-order valence-electron chi connectivity index (χ1n) is 9.10. The van der Waals surface area contributed by atoms with Gasteiger partial charge in [0.15, 0.2) is 4.77 Å². The summed E-state index contributed by atoms with van der Waals surface area (Å²) in [7, 11) is 1.68. The van der Waals surface area contributed by atoms with E-state index in [4.69, 9.17) is 33.7 Å². The lowest BCUT2D eigenvalue weighted by atomic mass is 9.49. The van der Waals surface area contributed by atoms with E-state index in [0.717, 1.165) is 35.0 Å². The fourth-order valence-electron chi connectivity index (χ4n) is 6.10. The van der Waals surface area contributed by atoms with Crippen LogP contribution in [0, 0.1) is 22.5 Å². The third-order valence-corrected chi connectivity index (χ3v) is 7.08. The molecule has 6 heteroatoms. The van der Waals surface area contributed by atoms with Crippen molar-refractivity contribution in [3.63, 3.8) is 0 Å². The van der Waals surface area contributed by atoms with Crippen molar-refractivity contribution in [2.24, 2.45) is 17.8 Å². The standard InChI is InChI=1S/C19H22ClN3OS/c1-24-16-3-2-14(20)7-15(16)23-17(21-22-18(23)25)19-8-11-4-12(9-19)6-13(5-11)10-19/h2-3,7,11-13H,4-6,8-10H2,1H3,(H,22,25). The van der Waals surface area contributed by atoms with E-state index >= 15 is 0 Å². The molecule has 0 radical (unpaired) electrons. The molecule has 4 aliphatic rings. The van der Waals surface area contributed by atoms with Crippen LogP contribution in [0.3, 0.4) is 0 Å². The van der Waals surface area contributed by atoms with Crippen molar-refractivity contribution in [3.8, 4) is 11.4 Å². The van der Waals surface area contributed by atoms with Gasteiger partial charge in [-0.1, -0.05) is 11.6 Å². The Labute approximate surface area is 157 Å². The van der Waals surface area contributed by atoms with Crippen molar-refractivity contribution in [1.82, 2.24) is 14.8 Å². The van der Waals surface area contributed by atoms with Crippen LogP contribution in [0.15, 0.2) is 18.2 Å². The summed E-state index contributed by atoms with van der Waals surface area (Å²) in [5.74, 6) is 4.41. The van der Waals surface area contributed by atoms with Crippen LogP contribution in [-0.2, 0) is 5.41 Å². The highest BCUT2D eigenvalue weighted by Crippen LogP contribution is 2.60. The molecule has 1 N–H and O–H groups in total. The van der Waals surface area contributed by atoms with Crippen LogP contribution in [0.2, 0.25) is 5.02 Å². The molecule has 2 aromatic rings. The summed E-state index contributed by atoms with van der Waals surface area (Å²) in [6.45, 7) is 0. The van der Waals surface area contributed by atoms with Gasteiger partial charge >= 0.3 is 0 Å². The van der Waals surface area contributed by atoms with Gasteiger partial charge in [0, 0.05) is 10.4 Å². The molecule has 4 saturated carbocycles. The highest BCUT2D eigenvalue weighted by Gasteiger charge is 2.54. The quantitative estimate of drug-likeness (QED) is 0.762. The van der Waals surface area contributed by atoms with E-state index in [2.05, 4.69) is 9.67 Å². The molecule has 4 aliphatic carbocycles. The highest BCUT2D eigenvalue weighted by atomic mass is 35.5. The van der Waals surface area contributed by atoms with Crippen LogP contribution in [0.1, 0.15) is 44.3 Å². The normalized spacial score (nSPS) is 33.0. The number of hydrogen-bond donors (Lipinski definition) is 1. The molecule has 132 valence electrons. The van der Waals surface area contributed by atoms with Crippen molar-refractivity contribution in [2.45, 2.75) is 43.9 Å². The first-order valence-corrected chi connectivity index (χ1v) is 9.88. The third-order valence-electron chi connectivity index (χ3n) is 6.57. The second-order valence-electron chi connectivity index (χ2n) is 8.20. The van der Waals surface area contributed by atoms with Crippen LogP contribution in [-0.4, -0.2) is 21.9 Å². The molecular formula is C19H22ClN3OS. The maximum atomic E-state index is 6.28. The fraction of sp³-hybridized carbons (Fsp3) is 0.579. The zero-order chi connectivity index (χ0) is 17.2. The lowest BCUT2D eigenvalue weighted by molar-refractivity contribution is -0.0102. The fourth-order valence-corrected chi connectivity index (χ4v) is 6.50. The summed E-state index contributed by atoms with van der Waals surface area (Å²) in [6.07, 6.45) is 7.94. The Morgan fingerprint density at radius 3 is 2.44 bits per heavy atom.